The van der Waals surface area contributed by atoms with E-state index in [4.69, 9.17) is 4.74 Å². The summed E-state index contributed by atoms with van der Waals surface area (Å²) in [5.41, 5.74) is 5.60. The maximum absolute atomic E-state index is 13.6. The minimum absolute atomic E-state index is 0.240. The summed E-state index contributed by atoms with van der Waals surface area (Å²) in [7, 11) is 1.59. The van der Waals surface area contributed by atoms with Crippen LogP contribution in [0.5, 0.6) is 5.75 Å². The number of amides is 1. The van der Waals surface area contributed by atoms with E-state index in [0.717, 1.165) is 43.8 Å². The largest absolute Gasteiger partial charge is 0.495 e. The van der Waals surface area contributed by atoms with Crippen LogP contribution in [0.3, 0.4) is 0 Å². The zero-order valence-corrected chi connectivity index (χ0v) is 21.1. The predicted octanol–water partition coefficient (Wildman–Crippen LogP) is 7.25. The minimum atomic E-state index is -0.240. The smallest absolute Gasteiger partial charge is 0.255 e. The fourth-order valence-electron chi connectivity index (χ4n) is 4.73. The molecule has 0 saturated carbocycles. The number of fused-ring (bicyclic) bond motifs is 3. The van der Waals surface area contributed by atoms with Gasteiger partial charge in [-0.2, -0.15) is 5.10 Å². The lowest BCUT2D eigenvalue weighted by atomic mass is 10.0. The number of carbonyl (C=O) groups is 1. The van der Waals surface area contributed by atoms with Crippen LogP contribution in [-0.2, 0) is 0 Å². The summed E-state index contributed by atoms with van der Waals surface area (Å²) in [4.78, 5) is 22.7. The van der Waals surface area contributed by atoms with Gasteiger partial charge in [-0.15, -0.1) is 11.3 Å². The Morgan fingerprint density at radius 1 is 0.947 bits per heavy atom. The first-order chi connectivity index (χ1) is 18.7. The second-order valence-electron chi connectivity index (χ2n) is 8.98. The number of para-hydroxylation sites is 2. The van der Waals surface area contributed by atoms with E-state index < -0.39 is 0 Å². The standard InChI is InChI=1S/C30H21N5O2S/c1-37-25-11-10-18(29-32-22-7-3-4-8-23(22)33-29)14-24(25)34-30(36)19-12-20-16-31-35-28(20)21(13-19)27-15-17-6-2-5-9-26(17)38-27/h2-16H,1H3,(H,31,35)(H,32,33)(H,34,36). The van der Waals surface area contributed by atoms with Gasteiger partial charge in [-0.1, -0.05) is 30.3 Å². The van der Waals surface area contributed by atoms with Crippen molar-refractivity contribution in [2.75, 3.05) is 12.4 Å². The van der Waals surface area contributed by atoms with Crippen molar-refractivity contribution in [2.24, 2.45) is 0 Å². The number of H-pyrrole nitrogens is 2. The number of thiophene rings is 1. The van der Waals surface area contributed by atoms with Crippen LogP contribution < -0.4 is 10.1 Å². The van der Waals surface area contributed by atoms with Gasteiger partial charge in [-0.25, -0.2) is 4.98 Å². The molecule has 0 aliphatic carbocycles. The first-order valence-electron chi connectivity index (χ1n) is 12.1. The normalized spacial score (nSPS) is 11.4. The van der Waals surface area contributed by atoms with Crippen molar-refractivity contribution >= 4 is 55.0 Å². The van der Waals surface area contributed by atoms with Gasteiger partial charge in [0.15, 0.2) is 0 Å². The number of ether oxygens (including phenoxy) is 1. The molecule has 8 heteroatoms. The second-order valence-corrected chi connectivity index (χ2v) is 10.1. The lowest BCUT2D eigenvalue weighted by molar-refractivity contribution is 0.102. The van der Waals surface area contributed by atoms with E-state index in [9.17, 15) is 4.79 Å². The number of carbonyl (C=O) groups excluding carboxylic acids is 1. The van der Waals surface area contributed by atoms with Crippen LogP contribution in [0.25, 0.3) is 53.9 Å². The zero-order valence-electron chi connectivity index (χ0n) is 20.3. The van der Waals surface area contributed by atoms with Crippen LogP contribution in [0.1, 0.15) is 10.4 Å². The maximum atomic E-state index is 13.6. The first-order valence-corrected chi connectivity index (χ1v) is 12.9. The van der Waals surface area contributed by atoms with E-state index in [-0.39, 0.29) is 5.91 Å². The highest BCUT2D eigenvalue weighted by Crippen LogP contribution is 2.38. The molecule has 3 heterocycles. The van der Waals surface area contributed by atoms with Gasteiger partial charge in [0.05, 0.1) is 35.5 Å². The lowest BCUT2D eigenvalue weighted by Gasteiger charge is -2.12. The summed E-state index contributed by atoms with van der Waals surface area (Å²) < 4.78 is 6.75. The molecule has 4 aromatic carbocycles. The molecule has 0 fully saturated rings. The first kappa shape index (κ1) is 22.3. The van der Waals surface area contributed by atoms with Gasteiger partial charge in [0.25, 0.3) is 5.91 Å². The Labute approximate surface area is 221 Å². The molecule has 0 atom stereocenters. The van der Waals surface area contributed by atoms with E-state index >= 15 is 0 Å². The molecule has 3 N–H and O–H groups in total. The predicted molar refractivity (Wildman–Crippen MR) is 153 cm³/mol. The molecule has 0 aliphatic rings. The van der Waals surface area contributed by atoms with Gasteiger partial charge in [0, 0.05) is 31.7 Å². The quantitative estimate of drug-likeness (QED) is 0.225. The van der Waals surface area contributed by atoms with Crippen molar-refractivity contribution in [1.29, 1.82) is 0 Å². The van der Waals surface area contributed by atoms with E-state index in [1.165, 1.54) is 10.1 Å². The summed E-state index contributed by atoms with van der Waals surface area (Å²) >= 11 is 1.69. The molecule has 184 valence electrons. The number of nitrogens with zero attached hydrogens (tertiary/aromatic N) is 2. The third-order valence-corrected chi connectivity index (χ3v) is 7.76. The summed E-state index contributed by atoms with van der Waals surface area (Å²) in [5.74, 6) is 1.04. The monoisotopic (exact) mass is 515 g/mol. The molecule has 7 nitrogen and oxygen atoms in total. The maximum Gasteiger partial charge on any atom is 0.255 e. The number of benzene rings is 4. The second kappa shape index (κ2) is 8.86. The molecule has 7 rings (SSSR count). The number of nitrogens with one attached hydrogen (secondary N) is 3. The van der Waals surface area contributed by atoms with Crippen molar-refractivity contribution in [3.63, 3.8) is 0 Å². The number of rotatable bonds is 5. The molecule has 3 aromatic heterocycles. The molecule has 0 spiro atoms. The van der Waals surface area contributed by atoms with Gasteiger partial charge >= 0.3 is 0 Å². The molecule has 0 radical (unpaired) electrons. The van der Waals surface area contributed by atoms with E-state index in [1.807, 2.05) is 66.7 Å². The Morgan fingerprint density at radius 3 is 2.68 bits per heavy atom. The van der Waals surface area contributed by atoms with Crippen molar-refractivity contribution in [2.45, 2.75) is 0 Å². The Hall–Kier alpha value is -4.95. The molecule has 0 unspecified atom stereocenters. The number of aromatic amines is 2. The Morgan fingerprint density at radius 2 is 1.82 bits per heavy atom. The lowest BCUT2D eigenvalue weighted by Crippen LogP contribution is -2.13. The highest BCUT2D eigenvalue weighted by Gasteiger charge is 2.17. The highest BCUT2D eigenvalue weighted by molar-refractivity contribution is 7.22. The van der Waals surface area contributed by atoms with Crippen molar-refractivity contribution in [3.05, 3.63) is 96.7 Å². The Kier molecular flexibility index (Phi) is 5.19. The van der Waals surface area contributed by atoms with Gasteiger partial charge in [-0.05, 0) is 60.0 Å². The number of hydrogen-bond acceptors (Lipinski definition) is 5. The van der Waals surface area contributed by atoms with Crippen LogP contribution >= 0.6 is 11.3 Å². The fourth-order valence-corrected chi connectivity index (χ4v) is 5.82. The van der Waals surface area contributed by atoms with Crippen LogP contribution in [0.4, 0.5) is 5.69 Å². The zero-order chi connectivity index (χ0) is 25.6. The summed E-state index contributed by atoms with van der Waals surface area (Å²) in [5, 5.41) is 12.4. The van der Waals surface area contributed by atoms with Crippen LogP contribution in [0.2, 0.25) is 0 Å². The van der Waals surface area contributed by atoms with Gasteiger partial charge < -0.3 is 15.0 Å². The Balaban J connectivity index is 1.27. The molecule has 38 heavy (non-hydrogen) atoms. The van der Waals surface area contributed by atoms with E-state index in [0.29, 0.717) is 17.0 Å². The van der Waals surface area contributed by atoms with Crippen molar-refractivity contribution in [1.82, 2.24) is 20.2 Å². The van der Waals surface area contributed by atoms with Crippen LogP contribution in [-0.4, -0.2) is 33.2 Å². The van der Waals surface area contributed by atoms with Crippen molar-refractivity contribution in [3.8, 4) is 27.6 Å². The molecule has 0 bridgehead atoms. The third kappa shape index (κ3) is 3.79. The van der Waals surface area contributed by atoms with Gasteiger partial charge in [0.2, 0.25) is 0 Å². The number of anilines is 1. The summed E-state index contributed by atoms with van der Waals surface area (Å²) in [6.45, 7) is 0. The highest BCUT2D eigenvalue weighted by atomic mass is 32.1. The number of imidazole rings is 1. The SMILES string of the molecule is COc1ccc(-c2nc3ccccc3[nH]2)cc1NC(=O)c1cc(-c2cc3ccccc3s2)c2[nH]ncc2c1. The van der Waals surface area contributed by atoms with E-state index in [2.05, 4.69) is 43.7 Å². The molecular weight excluding hydrogens is 494 g/mol. The topological polar surface area (TPSA) is 95.7 Å². The third-order valence-electron chi connectivity index (χ3n) is 6.61. The van der Waals surface area contributed by atoms with Gasteiger partial charge in [-0.3, -0.25) is 9.89 Å². The molecule has 0 saturated heterocycles. The average molecular weight is 516 g/mol. The van der Waals surface area contributed by atoms with Crippen LogP contribution in [0.15, 0.2) is 91.1 Å². The molecule has 7 aromatic rings. The van der Waals surface area contributed by atoms with Crippen molar-refractivity contribution < 1.29 is 9.53 Å². The molecule has 1 amide bonds. The number of aromatic nitrogens is 4. The number of methoxy groups -OCH3 is 1. The molecular formula is C30H21N5O2S. The Bertz CT molecular complexity index is 1920. The summed E-state index contributed by atoms with van der Waals surface area (Å²) in [6.07, 6.45) is 1.74. The number of hydrogen-bond donors (Lipinski definition) is 3. The molecule has 0 aliphatic heterocycles. The van der Waals surface area contributed by atoms with Gasteiger partial charge in [0.1, 0.15) is 11.6 Å². The summed E-state index contributed by atoms with van der Waals surface area (Å²) in [6, 6.07) is 27.7. The fraction of sp³-hybridized carbons (Fsp3) is 0.0333. The average Bonchev–Trinajstić information content (AvgIpc) is 3.70. The van der Waals surface area contributed by atoms with Crippen LogP contribution in [0, 0.1) is 0 Å². The minimum Gasteiger partial charge on any atom is -0.495 e. The van der Waals surface area contributed by atoms with E-state index in [1.54, 1.807) is 24.6 Å².